The molecule has 0 aromatic heterocycles. The van der Waals surface area contributed by atoms with Gasteiger partial charge in [0.15, 0.2) is 0 Å². The third-order valence-electron chi connectivity index (χ3n) is 3.56. The number of hydrogen-bond donors (Lipinski definition) is 0. The third kappa shape index (κ3) is 3.54. The fourth-order valence-electron chi connectivity index (χ4n) is 2.58. The van der Waals surface area contributed by atoms with Crippen LogP contribution in [0.15, 0.2) is 12.7 Å². The highest BCUT2D eigenvalue weighted by Crippen LogP contribution is 2.14. The minimum Gasteiger partial charge on any atom is -0.377 e. The first-order valence-corrected chi connectivity index (χ1v) is 6.55. The van der Waals surface area contributed by atoms with Crippen molar-refractivity contribution in [3.8, 4) is 0 Å². The van der Waals surface area contributed by atoms with Crippen LogP contribution in [0, 0.1) is 0 Å². The van der Waals surface area contributed by atoms with Gasteiger partial charge < -0.3 is 9.64 Å². The maximum atomic E-state index is 11.5. The van der Waals surface area contributed by atoms with Crippen LogP contribution in [0.25, 0.3) is 0 Å². The molecule has 2 aliphatic rings. The normalized spacial score (nSPS) is 26.8. The summed E-state index contributed by atoms with van der Waals surface area (Å²) in [4.78, 5) is 15.8. The second-order valence-electron chi connectivity index (χ2n) is 4.82. The van der Waals surface area contributed by atoms with Gasteiger partial charge in [0.05, 0.1) is 6.10 Å². The molecule has 1 unspecified atom stereocenters. The number of rotatable bonds is 3. The summed E-state index contributed by atoms with van der Waals surface area (Å²) in [5.74, 6) is 0.0592. The second kappa shape index (κ2) is 6.17. The van der Waals surface area contributed by atoms with Gasteiger partial charge in [-0.1, -0.05) is 6.58 Å². The maximum Gasteiger partial charge on any atom is 0.245 e. The zero-order valence-electron chi connectivity index (χ0n) is 10.4. The molecule has 96 valence electrons. The number of hydrogen-bond acceptors (Lipinski definition) is 3. The molecule has 0 spiro atoms. The molecule has 1 atom stereocenters. The van der Waals surface area contributed by atoms with Gasteiger partial charge in [-0.05, 0) is 31.9 Å². The molecule has 0 aromatic carbocycles. The number of nitrogens with zero attached hydrogens (tertiary/aromatic N) is 2. The van der Waals surface area contributed by atoms with Crippen molar-refractivity contribution >= 4 is 5.91 Å². The summed E-state index contributed by atoms with van der Waals surface area (Å²) in [5, 5.41) is 0. The zero-order valence-corrected chi connectivity index (χ0v) is 10.4. The predicted octanol–water partition coefficient (Wildman–Crippen LogP) is 0.886. The highest BCUT2D eigenvalue weighted by molar-refractivity contribution is 5.86. The fourth-order valence-corrected chi connectivity index (χ4v) is 2.58. The standard InChI is InChI=1S/C13H22N2O2/c1-2-13(16)15-7-4-6-14(8-9-15)11-12-5-3-10-17-12/h2,12H,1,3-11H2. The Morgan fingerprint density at radius 2 is 2.18 bits per heavy atom. The molecule has 0 bridgehead atoms. The smallest absolute Gasteiger partial charge is 0.245 e. The van der Waals surface area contributed by atoms with Crippen LogP contribution in [0.3, 0.4) is 0 Å². The highest BCUT2D eigenvalue weighted by Gasteiger charge is 2.22. The van der Waals surface area contributed by atoms with Gasteiger partial charge in [-0.15, -0.1) is 0 Å². The van der Waals surface area contributed by atoms with E-state index in [9.17, 15) is 4.79 Å². The Kier molecular flexibility index (Phi) is 4.57. The summed E-state index contributed by atoms with van der Waals surface area (Å²) in [5.41, 5.74) is 0. The molecule has 0 aromatic rings. The lowest BCUT2D eigenvalue weighted by Gasteiger charge is -2.23. The molecule has 17 heavy (non-hydrogen) atoms. The molecular weight excluding hydrogens is 216 g/mol. The van der Waals surface area contributed by atoms with Crippen molar-refractivity contribution in [3.63, 3.8) is 0 Å². The van der Waals surface area contributed by atoms with E-state index in [-0.39, 0.29) is 5.91 Å². The van der Waals surface area contributed by atoms with Crippen LogP contribution in [0.4, 0.5) is 0 Å². The second-order valence-corrected chi connectivity index (χ2v) is 4.82. The van der Waals surface area contributed by atoms with Crippen molar-refractivity contribution in [1.82, 2.24) is 9.80 Å². The van der Waals surface area contributed by atoms with Crippen LogP contribution < -0.4 is 0 Å². The Bertz CT molecular complexity index is 275. The Balaban J connectivity index is 1.78. The first-order valence-electron chi connectivity index (χ1n) is 6.55. The molecule has 0 radical (unpaired) electrons. The van der Waals surface area contributed by atoms with Gasteiger partial charge in [0.1, 0.15) is 0 Å². The molecule has 4 nitrogen and oxygen atoms in total. The van der Waals surface area contributed by atoms with Crippen molar-refractivity contribution in [2.45, 2.75) is 25.4 Å². The van der Waals surface area contributed by atoms with Crippen molar-refractivity contribution in [2.24, 2.45) is 0 Å². The summed E-state index contributed by atoms with van der Waals surface area (Å²) in [6.07, 6.45) is 5.25. The minimum absolute atomic E-state index is 0.0592. The molecule has 0 N–H and O–H groups in total. The van der Waals surface area contributed by atoms with Gasteiger partial charge in [0.25, 0.3) is 0 Å². The summed E-state index contributed by atoms with van der Waals surface area (Å²) in [6, 6.07) is 0. The van der Waals surface area contributed by atoms with E-state index in [1.165, 1.54) is 18.9 Å². The van der Waals surface area contributed by atoms with Gasteiger partial charge in [0, 0.05) is 32.8 Å². The monoisotopic (exact) mass is 238 g/mol. The number of carbonyl (C=O) groups excluding carboxylic acids is 1. The molecule has 2 saturated heterocycles. The zero-order chi connectivity index (χ0) is 12.1. The SMILES string of the molecule is C=CC(=O)N1CCCN(CC2CCCO2)CC1. The molecule has 0 aliphatic carbocycles. The van der Waals surface area contributed by atoms with E-state index in [4.69, 9.17) is 4.74 Å². The van der Waals surface area contributed by atoms with E-state index in [1.54, 1.807) is 0 Å². The minimum atomic E-state index is 0.0592. The molecule has 1 amide bonds. The Morgan fingerprint density at radius 1 is 1.29 bits per heavy atom. The van der Waals surface area contributed by atoms with Crippen molar-refractivity contribution < 1.29 is 9.53 Å². The van der Waals surface area contributed by atoms with Crippen LogP contribution in [-0.2, 0) is 9.53 Å². The van der Waals surface area contributed by atoms with Crippen LogP contribution in [0.5, 0.6) is 0 Å². The number of carbonyl (C=O) groups is 1. The summed E-state index contributed by atoms with van der Waals surface area (Å²) in [6.45, 7) is 9.18. The average Bonchev–Trinajstić information content (AvgIpc) is 2.73. The molecule has 0 saturated carbocycles. The topological polar surface area (TPSA) is 32.8 Å². The van der Waals surface area contributed by atoms with Crippen molar-refractivity contribution in [2.75, 3.05) is 39.3 Å². The fraction of sp³-hybridized carbons (Fsp3) is 0.769. The van der Waals surface area contributed by atoms with Crippen LogP contribution in [0.2, 0.25) is 0 Å². The van der Waals surface area contributed by atoms with E-state index in [2.05, 4.69) is 11.5 Å². The molecule has 4 heteroatoms. The Morgan fingerprint density at radius 3 is 2.88 bits per heavy atom. The van der Waals surface area contributed by atoms with Gasteiger partial charge in [-0.25, -0.2) is 0 Å². The largest absolute Gasteiger partial charge is 0.377 e. The average molecular weight is 238 g/mol. The third-order valence-corrected chi connectivity index (χ3v) is 3.56. The lowest BCUT2D eigenvalue weighted by molar-refractivity contribution is -0.125. The van der Waals surface area contributed by atoms with Crippen molar-refractivity contribution in [3.05, 3.63) is 12.7 Å². The van der Waals surface area contributed by atoms with E-state index in [0.717, 1.165) is 45.8 Å². The quantitative estimate of drug-likeness (QED) is 0.684. The van der Waals surface area contributed by atoms with E-state index in [1.807, 2.05) is 4.90 Å². The molecule has 2 aliphatic heterocycles. The summed E-state index contributed by atoms with van der Waals surface area (Å²) in [7, 11) is 0. The van der Waals surface area contributed by atoms with Crippen LogP contribution in [0.1, 0.15) is 19.3 Å². The maximum absolute atomic E-state index is 11.5. The van der Waals surface area contributed by atoms with Gasteiger partial charge in [-0.3, -0.25) is 9.69 Å². The molecule has 2 rings (SSSR count). The lowest BCUT2D eigenvalue weighted by atomic mass is 10.2. The van der Waals surface area contributed by atoms with Gasteiger partial charge in [0.2, 0.25) is 5.91 Å². The Labute approximate surface area is 103 Å². The number of ether oxygens (including phenoxy) is 1. The summed E-state index contributed by atoms with van der Waals surface area (Å²) >= 11 is 0. The van der Waals surface area contributed by atoms with Crippen LogP contribution in [-0.4, -0.2) is 61.1 Å². The Hall–Kier alpha value is -0.870. The van der Waals surface area contributed by atoms with E-state index in [0.29, 0.717) is 6.10 Å². The van der Waals surface area contributed by atoms with Gasteiger partial charge >= 0.3 is 0 Å². The predicted molar refractivity (Wildman–Crippen MR) is 66.8 cm³/mol. The van der Waals surface area contributed by atoms with E-state index < -0.39 is 0 Å². The number of amides is 1. The van der Waals surface area contributed by atoms with Crippen molar-refractivity contribution in [1.29, 1.82) is 0 Å². The first-order chi connectivity index (χ1) is 8.29. The lowest BCUT2D eigenvalue weighted by Crippen LogP contribution is -2.37. The molecule has 2 heterocycles. The molecular formula is C13H22N2O2. The molecule has 2 fully saturated rings. The van der Waals surface area contributed by atoms with Gasteiger partial charge in [-0.2, -0.15) is 0 Å². The van der Waals surface area contributed by atoms with Crippen LogP contribution >= 0.6 is 0 Å². The highest BCUT2D eigenvalue weighted by atomic mass is 16.5. The first kappa shape index (κ1) is 12.6. The summed E-state index contributed by atoms with van der Waals surface area (Å²) < 4.78 is 5.65. The van der Waals surface area contributed by atoms with E-state index >= 15 is 0 Å².